The van der Waals surface area contributed by atoms with Crippen molar-refractivity contribution in [2.75, 3.05) is 0 Å². The summed E-state index contributed by atoms with van der Waals surface area (Å²) in [5.41, 5.74) is 0.214. The van der Waals surface area contributed by atoms with Gasteiger partial charge in [0.15, 0.2) is 0 Å². The molecule has 0 radical (unpaired) electrons. The van der Waals surface area contributed by atoms with E-state index in [1.165, 1.54) is 6.07 Å². The standard InChI is InChI=1S/C12H16O3/c1-8-5-6-9(7-10(8)13)15-11(14)12(2,3)4/h5-7,13H,1-4H3. The van der Waals surface area contributed by atoms with Crippen molar-refractivity contribution in [1.29, 1.82) is 0 Å². The first kappa shape index (κ1) is 11.6. The zero-order chi connectivity index (χ0) is 11.6. The maximum Gasteiger partial charge on any atom is 0.316 e. The molecular weight excluding hydrogens is 192 g/mol. The summed E-state index contributed by atoms with van der Waals surface area (Å²) >= 11 is 0. The van der Waals surface area contributed by atoms with Crippen LogP contribution in [0.15, 0.2) is 18.2 Å². The molecule has 1 aromatic carbocycles. The van der Waals surface area contributed by atoms with E-state index in [1.54, 1.807) is 39.8 Å². The minimum absolute atomic E-state index is 0.134. The molecule has 3 heteroatoms. The van der Waals surface area contributed by atoms with Crippen LogP contribution in [0.4, 0.5) is 0 Å². The van der Waals surface area contributed by atoms with Crippen LogP contribution in [0.5, 0.6) is 11.5 Å². The lowest BCUT2D eigenvalue weighted by atomic mass is 9.97. The summed E-state index contributed by atoms with van der Waals surface area (Å²) in [6, 6.07) is 4.82. The van der Waals surface area contributed by atoms with Gasteiger partial charge >= 0.3 is 5.97 Å². The third kappa shape index (κ3) is 2.98. The van der Waals surface area contributed by atoms with Crippen molar-refractivity contribution in [2.24, 2.45) is 5.41 Å². The largest absolute Gasteiger partial charge is 0.508 e. The lowest BCUT2D eigenvalue weighted by molar-refractivity contribution is -0.142. The highest BCUT2D eigenvalue weighted by Gasteiger charge is 2.23. The van der Waals surface area contributed by atoms with Gasteiger partial charge in [-0.05, 0) is 39.3 Å². The molecule has 0 saturated heterocycles. The summed E-state index contributed by atoms with van der Waals surface area (Å²) in [6.45, 7) is 7.13. The first-order valence-electron chi connectivity index (χ1n) is 4.82. The molecule has 0 spiro atoms. The maximum absolute atomic E-state index is 11.5. The van der Waals surface area contributed by atoms with Gasteiger partial charge < -0.3 is 9.84 Å². The number of hydrogen-bond donors (Lipinski definition) is 1. The van der Waals surface area contributed by atoms with E-state index in [4.69, 9.17) is 4.74 Å². The van der Waals surface area contributed by atoms with Gasteiger partial charge in [0.2, 0.25) is 0 Å². The summed E-state index contributed by atoms with van der Waals surface area (Å²) in [7, 11) is 0. The number of hydrogen-bond acceptors (Lipinski definition) is 3. The summed E-state index contributed by atoms with van der Waals surface area (Å²) in [6.07, 6.45) is 0. The Morgan fingerprint density at radius 2 is 1.93 bits per heavy atom. The van der Waals surface area contributed by atoms with Gasteiger partial charge in [0.1, 0.15) is 11.5 Å². The fourth-order valence-corrected chi connectivity index (χ4v) is 0.913. The Kier molecular flexibility index (Phi) is 3.03. The molecule has 1 aromatic rings. The SMILES string of the molecule is Cc1ccc(OC(=O)C(C)(C)C)cc1O. The first-order valence-corrected chi connectivity index (χ1v) is 4.82. The lowest BCUT2D eigenvalue weighted by Crippen LogP contribution is -2.25. The summed E-state index contributed by atoms with van der Waals surface area (Å²) in [5.74, 6) is 0.193. The molecule has 0 aliphatic carbocycles. The van der Waals surface area contributed by atoms with Crippen LogP contribution >= 0.6 is 0 Å². The fourth-order valence-electron chi connectivity index (χ4n) is 0.913. The molecule has 0 bridgehead atoms. The highest BCUT2D eigenvalue weighted by atomic mass is 16.5. The van der Waals surface area contributed by atoms with E-state index in [1.807, 2.05) is 0 Å². The summed E-state index contributed by atoms with van der Waals surface area (Å²) in [5, 5.41) is 9.42. The Labute approximate surface area is 89.7 Å². The van der Waals surface area contributed by atoms with E-state index in [0.717, 1.165) is 5.56 Å². The van der Waals surface area contributed by atoms with Crippen LogP contribution in [0.25, 0.3) is 0 Å². The van der Waals surface area contributed by atoms with Crippen LogP contribution < -0.4 is 4.74 Å². The number of rotatable bonds is 1. The number of ether oxygens (including phenoxy) is 1. The minimum Gasteiger partial charge on any atom is -0.508 e. The molecule has 0 saturated carbocycles. The van der Waals surface area contributed by atoms with Crippen molar-refractivity contribution in [3.8, 4) is 11.5 Å². The van der Waals surface area contributed by atoms with Crippen molar-refractivity contribution < 1.29 is 14.6 Å². The maximum atomic E-state index is 11.5. The zero-order valence-electron chi connectivity index (χ0n) is 9.50. The van der Waals surface area contributed by atoms with Crippen LogP contribution in [0.3, 0.4) is 0 Å². The van der Waals surface area contributed by atoms with E-state index < -0.39 is 5.41 Å². The van der Waals surface area contributed by atoms with Crippen LogP contribution in [0.1, 0.15) is 26.3 Å². The number of esters is 1. The summed E-state index contributed by atoms with van der Waals surface area (Å²) < 4.78 is 5.12. The van der Waals surface area contributed by atoms with Gasteiger partial charge in [0, 0.05) is 6.07 Å². The van der Waals surface area contributed by atoms with E-state index in [-0.39, 0.29) is 11.7 Å². The predicted molar refractivity (Wildman–Crippen MR) is 57.9 cm³/mol. The molecule has 1 N–H and O–H groups in total. The molecule has 0 unspecified atom stereocenters. The minimum atomic E-state index is -0.541. The van der Waals surface area contributed by atoms with Crippen molar-refractivity contribution in [3.05, 3.63) is 23.8 Å². The smallest absolute Gasteiger partial charge is 0.316 e. The van der Waals surface area contributed by atoms with Crippen molar-refractivity contribution >= 4 is 5.97 Å². The van der Waals surface area contributed by atoms with E-state index in [9.17, 15) is 9.90 Å². The molecule has 0 amide bonds. The van der Waals surface area contributed by atoms with Crippen molar-refractivity contribution in [1.82, 2.24) is 0 Å². The van der Waals surface area contributed by atoms with Crippen LogP contribution in [0, 0.1) is 12.3 Å². The molecule has 0 fully saturated rings. The molecule has 1 rings (SSSR count). The Morgan fingerprint density at radius 1 is 1.33 bits per heavy atom. The van der Waals surface area contributed by atoms with Gasteiger partial charge in [-0.2, -0.15) is 0 Å². The molecule has 0 aromatic heterocycles. The molecule has 0 aliphatic rings. The molecule has 82 valence electrons. The van der Waals surface area contributed by atoms with Gasteiger partial charge in [-0.15, -0.1) is 0 Å². The summed E-state index contributed by atoms with van der Waals surface area (Å²) in [4.78, 5) is 11.5. The van der Waals surface area contributed by atoms with Gasteiger partial charge in [0.05, 0.1) is 5.41 Å². The van der Waals surface area contributed by atoms with E-state index in [2.05, 4.69) is 0 Å². The number of carbonyl (C=O) groups excluding carboxylic acids is 1. The third-order valence-electron chi connectivity index (χ3n) is 2.00. The van der Waals surface area contributed by atoms with Crippen molar-refractivity contribution in [3.63, 3.8) is 0 Å². The second-order valence-electron chi connectivity index (χ2n) is 4.59. The molecule has 0 aliphatic heterocycles. The predicted octanol–water partition coefficient (Wildman–Crippen LogP) is 2.65. The van der Waals surface area contributed by atoms with Crippen LogP contribution in [-0.2, 0) is 4.79 Å². The highest BCUT2D eigenvalue weighted by molar-refractivity contribution is 5.77. The van der Waals surface area contributed by atoms with Gasteiger partial charge in [-0.1, -0.05) is 6.07 Å². The van der Waals surface area contributed by atoms with E-state index in [0.29, 0.717) is 5.75 Å². The first-order chi connectivity index (χ1) is 6.80. The van der Waals surface area contributed by atoms with Crippen LogP contribution in [-0.4, -0.2) is 11.1 Å². The zero-order valence-corrected chi connectivity index (χ0v) is 9.50. The Morgan fingerprint density at radius 3 is 2.40 bits per heavy atom. The number of benzene rings is 1. The van der Waals surface area contributed by atoms with Gasteiger partial charge in [-0.3, -0.25) is 4.79 Å². The number of aryl methyl sites for hydroxylation is 1. The van der Waals surface area contributed by atoms with Gasteiger partial charge in [0.25, 0.3) is 0 Å². The second-order valence-corrected chi connectivity index (χ2v) is 4.59. The molecule has 15 heavy (non-hydrogen) atoms. The quantitative estimate of drug-likeness (QED) is 0.570. The number of phenols is 1. The molecule has 0 heterocycles. The molecular formula is C12H16O3. The number of aromatic hydroxyl groups is 1. The lowest BCUT2D eigenvalue weighted by Gasteiger charge is -2.16. The average Bonchev–Trinajstić information content (AvgIpc) is 2.10. The van der Waals surface area contributed by atoms with E-state index >= 15 is 0 Å². The topological polar surface area (TPSA) is 46.5 Å². The van der Waals surface area contributed by atoms with Crippen molar-refractivity contribution in [2.45, 2.75) is 27.7 Å². The highest BCUT2D eigenvalue weighted by Crippen LogP contribution is 2.25. The second kappa shape index (κ2) is 3.93. The monoisotopic (exact) mass is 208 g/mol. The average molecular weight is 208 g/mol. The van der Waals surface area contributed by atoms with Gasteiger partial charge in [-0.25, -0.2) is 0 Å². The molecule has 0 atom stereocenters. The Bertz CT molecular complexity index is 375. The number of carbonyl (C=O) groups is 1. The number of phenolic OH excluding ortho intramolecular Hbond substituents is 1. The Hall–Kier alpha value is -1.51. The third-order valence-corrected chi connectivity index (χ3v) is 2.00. The Balaban J connectivity index is 2.83. The fraction of sp³-hybridized carbons (Fsp3) is 0.417. The molecule has 3 nitrogen and oxygen atoms in total. The van der Waals surface area contributed by atoms with Crippen LogP contribution in [0.2, 0.25) is 0 Å². The normalized spacial score (nSPS) is 11.2.